The first-order valence-electron chi connectivity index (χ1n) is 6.87. The molecule has 0 unspecified atom stereocenters. The number of nitrogens with zero attached hydrogens (tertiary/aromatic N) is 2. The summed E-state index contributed by atoms with van der Waals surface area (Å²) in [5, 5.41) is 2.98. The molecule has 0 aliphatic carbocycles. The number of rotatable bonds is 6. The zero-order valence-corrected chi connectivity index (χ0v) is 13.4. The maximum Gasteiger partial charge on any atom is 0.305 e. The quantitative estimate of drug-likeness (QED) is 0.769. The molecule has 0 N–H and O–H groups in total. The zero-order valence-electron chi connectivity index (χ0n) is 12.6. The minimum absolute atomic E-state index is 0.196. The SMILES string of the molecule is COC(=O)CCc1csc(N(C)Cc2ccccc2C)n1. The van der Waals surface area contributed by atoms with Gasteiger partial charge < -0.3 is 9.64 Å². The number of carbonyl (C=O) groups is 1. The summed E-state index contributed by atoms with van der Waals surface area (Å²) in [6, 6.07) is 8.36. The largest absolute Gasteiger partial charge is 0.469 e. The Bertz CT molecular complexity index is 610. The van der Waals surface area contributed by atoms with Crippen LogP contribution in [0.3, 0.4) is 0 Å². The van der Waals surface area contributed by atoms with Gasteiger partial charge >= 0.3 is 5.97 Å². The molecule has 5 heteroatoms. The van der Waals surface area contributed by atoms with Crippen molar-refractivity contribution < 1.29 is 9.53 Å². The second kappa shape index (κ2) is 7.22. The van der Waals surface area contributed by atoms with Crippen LogP contribution in [0.5, 0.6) is 0 Å². The van der Waals surface area contributed by atoms with Crippen molar-refractivity contribution >= 4 is 22.4 Å². The Hall–Kier alpha value is -1.88. The van der Waals surface area contributed by atoms with Crippen LogP contribution < -0.4 is 4.90 Å². The van der Waals surface area contributed by atoms with E-state index in [1.807, 2.05) is 18.5 Å². The fourth-order valence-electron chi connectivity index (χ4n) is 2.03. The minimum Gasteiger partial charge on any atom is -0.469 e. The molecule has 2 aromatic rings. The number of methoxy groups -OCH3 is 1. The van der Waals surface area contributed by atoms with Crippen LogP contribution in [0.25, 0.3) is 0 Å². The van der Waals surface area contributed by atoms with E-state index < -0.39 is 0 Å². The lowest BCUT2D eigenvalue weighted by molar-refractivity contribution is -0.140. The van der Waals surface area contributed by atoms with Gasteiger partial charge in [0, 0.05) is 25.4 Å². The van der Waals surface area contributed by atoms with Crippen molar-refractivity contribution in [2.24, 2.45) is 0 Å². The topological polar surface area (TPSA) is 42.4 Å². The Morgan fingerprint density at radius 3 is 2.86 bits per heavy atom. The summed E-state index contributed by atoms with van der Waals surface area (Å²) in [5.41, 5.74) is 3.52. The Labute approximate surface area is 129 Å². The summed E-state index contributed by atoms with van der Waals surface area (Å²) in [4.78, 5) is 17.9. The van der Waals surface area contributed by atoms with Crippen LogP contribution in [-0.4, -0.2) is 25.1 Å². The van der Waals surface area contributed by atoms with Crippen molar-refractivity contribution in [1.29, 1.82) is 0 Å². The molecule has 112 valence electrons. The fourth-order valence-corrected chi connectivity index (χ4v) is 2.86. The minimum atomic E-state index is -0.196. The number of aryl methyl sites for hydroxylation is 2. The number of thiazole rings is 1. The second-order valence-corrected chi connectivity index (χ2v) is 5.82. The van der Waals surface area contributed by atoms with Crippen molar-refractivity contribution in [2.45, 2.75) is 26.3 Å². The third-order valence-corrected chi connectivity index (χ3v) is 4.35. The number of benzene rings is 1. The van der Waals surface area contributed by atoms with Gasteiger partial charge in [-0.25, -0.2) is 4.98 Å². The number of anilines is 1. The lowest BCUT2D eigenvalue weighted by Gasteiger charge is -2.17. The van der Waals surface area contributed by atoms with Gasteiger partial charge in [-0.3, -0.25) is 4.79 Å². The second-order valence-electron chi connectivity index (χ2n) is 4.98. The number of esters is 1. The summed E-state index contributed by atoms with van der Waals surface area (Å²) < 4.78 is 4.64. The third kappa shape index (κ3) is 4.29. The molecule has 0 amide bonds. The van der Waals surface area contributed by atoms with Crippen LogP contribution >= 0.6 is 11.3 Å². The summed E-state index contributed by atoms with van der Waals surface area (Å²) in [6.45, 7) is 2.95. The van der Waals surface area contributed by atoms with Crippen LogP contribution in [-0.2, 0) is 22.5 Å². The Kier molecular flexibility index (Phi) is 5.33. The summed E-state index contributed by atoms with van der Waals surface area (Å²) >= 11 is 1.60. The summed E-state index contributed by atoms with van der Waals surface area (Å²) in [6.07, 6.45) is 1.00. The molecule has 0 saturated carbocycles. The van der Waals surface area contributed by atoms with E-state index in [9.17, 15) is 4.79 Å². The number of carbonyl (C=O) groups excluding carboxylic acids is 1. The van der Waals surface area contributed by atoms with Gasteiger partial charge in [0.1, 0.15) is 0 Å². The van der Waals surface area contributed by atoms with E-state index in [2.05, 4.69) is 39.7 Å². The van der Waals surface area contributed by atoms with Crippen LogP contribution in [0.4, 0.5) is 5.13 Å². The van der Waals surface area contributed by atoms with Gasteiger partial charge in [-0.05, 0) is 18.1 Å². The fraction of sp³-hybridized carbons (Fsp3) is 0.375. The van der Waals surface area contributed by atoms with Gasteiger partial charge in [-0.15, -0.1) is 11.3 Å². The monoisotopic (exact) mass is 304 g/mol. The zero-order chi connectivity index (χ0) is 15.2. The third-order valence-electron chi connectivity index (χ3n) is 3.35. The van der Waals surface area contributed by atoms with Crippen LogP contribution in [0.1, 0.15) is 23.2 Å². The van der Waals surface area contributed by atoms with Crippen molar-refractivity contribution in [3.63, 3.8) is 0 Å². The molecule has 1 aromatic carbocycles. The Morgan fingerprint density at radius 1 is 1.38 bits per heavy atom. The van der Waals surface area contributed by atoms with Gasteiger partial charge in [0.15, 0.2) is 5.13 Å². The van der Waals surface area contributed by atoms with E-state index in [0.29, 0.717) is 12.8 Å². The van der Waals surface area contributed by atoms with E-state index in [1.165, 1.54) is 18.2 Å². The highest BCUT2D eigenvalue weighted by molar-refractivity contribution is 7.13. The van der Waals surface area contributed by atoms with Crippen LogP contribution in [0.2, 0.25) is 0 Å². The Balaban J connectivity index is 1.97. The molecule has 0 bridgehead atoms. The van der Waals surface area contributed by atoms with Gasteiger partial charge in [0.2, 0.25) is 0 Å². The van der Waals surface area contributed by atoms with Crippen molar-refractivity contribution in [3.05, 3.63) is 46.5 Å². The highest BCUT2D eigenvalue weighted by Gasteiger charge is 2.10. The molecule has 1 aromatic heterocycles. The van der Waals surface area contributed by atoms with Gasteiger partial charge in [-0.2, -0.15) is 0 Å². The van der Waals surface area contributed by atoms with E-state index in [0.717, 1.165) is 17.4 Å². The number of ether oxygens (including phenoxy) is 1. The van der Waals surface area contributed by atoms with Crippen LogP contribution in [0, 0.1) is 6.92 Å². The van der Waals surface area contributed by atoms with Crippen LogP contribution in [0.15, 0.2) is 29.6 Å². The summed E-state index contributed by atoms with van der Waals surface area (Å²) in [5.74, 6) is -0.196. The van der Waals surface area contributed by atoms with Crippen molar-refractivity contribution in [3.8, 4) is 0 Å². The first-order chi connectivity index (χ1) is 10.1. The number of aromatic nitrogens is 1. The Morgan fingerprint density at radius 2 is 2.14 bits per heavy atom. The number of hydrogen-bond donors (Lipinski definition) is 0. The molecule has 0 fully saturated rings. The standard InChI is InChI=1S/C16H20N2O2S/c1-12-6-4-5-7-13(12)10-18(2)16-17-14(11-21-16)8-9-15(19)20-3/h4-7,11H,8-10H2,1-3H3. The summed E-state index contributed by atoms with van der Waals surface area (Å²) in [7, 11) is 3.44. The first-order valence-corrected chi connectivity index (χ1v) is 7.75. The van der Waals surface area contributed by atoms with E-state index >= 15 is 0 Å². The van der Waals surface area contributed by atoms with Crippen molar-refractivity contribution in [1.82, 2.24) is 4.98 Å². The average Bonchev–Trinajstić information content (AvgIpc) is 2.96. The molecule has 0 aliphatic rings. The normalized spacial score (nSPS) is 10.4. The van der Waals surface area contributed by atoms with E-state index in [-0.39, 0.29) is 5.97 Å². The number of hydrogen-bond acceptors (Lipinski definition) is 5. The first kappa shape index (κ1) is 15.5. The molecule has 0 spiro atoms. The molecular formula is C16H20N2O2S. The van der Waals surface area contributed by atoms with Crippen molar-refractivity contribution in [2.75, 3.05) is 19.1 Å². The van der Waals surface area contributed by atoms with Gasteiger partial charge in [-0.1, -0.05) is 24.3 Å². The predicted octanol–water partition coefficient (Wildman–Crippen LogP) is 3.19. The van der Waals surface area contributed by atoms with E-state index in [4.69, 9.17) is 0 Å². The maximum atomic E-state index is 11.1. The molecule has 2 rings (SSSR count). The molecule has 0 saturated heterocycles. The van der Waals surface area contributed by atoms with Gasteiger partial charge in [0.25, 0.3) is 0 Å². The lowest BCUT2D eigenvalue weighted by Crippen LogP contribution is -2.16. The highest BCUT2D eigenvalue weighted by Crippen LogP contribution is 2.22. The molecule has 0 aliphatic heterocycles. The molecule has 0 radical (unpaired) electrons. The van der Waals surface area contributed by atoms with E-state index in [1.54, 1.807) is 11.3 Å². The highest BCUT2D eigenvalue weighted by atomic mass is 32.1. The molecule has 0 atom stereocenters. The van der Waals surface area contributed by atoms with Gasteiger partial charge in [0.05, 0.1) is 19.2 Å². The smallest absolute Gasteiger partial charge is 0.305 e. The molecule has 1 heterocycles. The maximum absolute atomic E-state index is 11.1. The molecule has 4 nitrogen and oxygen atoms in total. The predicted molar refractivity (Wildman–Crippen MR) is 85.7 cm³/mol. The average molecular weight is 304 g/mol. The molecular weight excluding hydrogens is 284 g/mol. The molecule has 21 heavy (non-hydrogen) atoms. The lowest BCUT2D eigenvalue weighted by atomic mass is 10.1.